The largest absolute Gasteiger partial charge is 0.332 e. The third-order valence-electron chi connectivity index (χ3n) is 2.53. The quantitative estimate of drug-likeness (QED) is 0.804. The van der Waals surface area contributed by atoms with Gasteiger partial charge in [-0.1, -0.05) is 23.7 Å². The van der Waals surface area contributed by atoms with E-state index in [2.05, 4.69) is 4.98 Å². The molecular formula is C13H13ClN2OS. The first-order valence-electron chi connectivity index (χ1n) is 5.65. The maximum Gasteiger partial charge on any atom is 0.272 e. The fourth-order valence-electron chi connectivity index (χ4n) is 1.61. The van der Waals surface area contributed by atoms with Gasteiger partial charge in [0.15, 0.2) is 0 Å². The van der Waals surface area contributed by atoms with E-state index in [4.69, 9.17) is 11.6 Å². The van der Waals surface area contributed by atoms with E-state index in [-0.39, 0.29) is 5.91 Å². The Morgan fingerprint density at radius 3 is 2.83 bits per heavy atom. The van der Waals surface area contributed by atoms with Gasteiger partial charge >= 0.3 is 0 Å². The number of amides is 1. The number of hydrogen-bond acceptors (Lipinski definition) is 3. The fraction of sp³-hybridized carbons (Fsp3) is 0.231. The highest BCUT2D eigenvalue weighted by Gasteiger charge is 2.16. The molecule has 0 spiro atoms. The van der Waals surface area contributed by atoms with Gasteiger partial charge in [0.05, 0.1) is 6.54 Å². The Morgan fingerprint density at radius 1 is 1.39 bits per heavy atom. The summed E-state index contributed by atoms with van der Waals surface area (Å²) >= 11 is 7.44. The molecule has 0 bridgehead atoms. The summed E-state index contributed by atoms with van der Waals surface area (Å²) in [5.74, 6) is -0.0894. The zero-order valence-corrected chi connectivity index (χ0v) is 11.5. The number of thiophene rings is 1. The first-order valence-corrected chi connectivity index (χ1v) is 6.90. The van der Waals surface area contributed by atoms with E-state index in [0.717, 1.165) is 4.88 Å². The molecule has 1 amide bonds. The number of rotatable bonds is 4. The van der Waals surface area contributed by atoms with Crippen LogP contribution in [-0.2, 0) is 6.54 Å². The van der Waals surface area contributed by atoms with Crippen LogP contribution in [0.15, 0.2) is 35.7 Å². The van der Waals surface area contributed by atoms with E-state index in [9.17, 15) is 4.79 Å². The monoisotopic (exact) mass is 280 g/mol. The van der Waals surface area contributed by atoms with Gasteiger partial charge in [-0.2, -0.15) is 0 Å². The number of carbonyl (C=O) groups is 1. The van der Waals surface area contributed by atoms with Crippen molar-refractivity contribution in [3.63, 3.8) is 0 Å². The van der Waals surface area contributed by atoms with Crippen molar-refractivity contribution in [3.05, 3.63) is 51.4 Å². The lowest BCUT2D eigenvalue weighted by Gasteiger charge is -2.19. The van der Waals surface area contributed by atoms with E-state index in [0.29, 0.717) is 23.9 Å². The molecule has 0 saturated heterocycles. The summed E-state index contributed by atoms with van der Waals surface area (Å²) in [4.78, 5) is 19.2. The predicted octanol–water partition coefficient (Wildman–Crippen LogP) is 3.46. The zero-order valence-electron chi connectivity index (χ0n) is 9.97. The lowest BCUT2D eigenvalue weighted by Crippen LogP contribution is -2.30. The van der Waals surface area contributed by atoms with E-state index >= 15 is 0 Å². The molecule has 94 valence electrons. The molecule has 0 aliphatic heterocycles. The maximum atomic E-state index is 12.3. The van der Waals surface area contributed by atoms with Gasteiger partial charge in [-0.15, -0.1) is 11.3 Å². The summed E-state index contributed by atoms with van der Waals surface area (Å²) < 4.78 is 0. The second-order valence-corrected chi connectivity index (χ2v) is 5.16. The number of aromatic nitrogens is 1. The Morgan fingerprint density at radius 2 is 2.22 bits per heavy atom. The van der Waals surface area contributed by atoms with Gasteiger partial charge in [0, 0.05) is 11.4 Å². The molecule has 0 atom stereocenters. The minimum absolute atomic E-state index is 0.0894. The average molecular weight is 281 g/mol. The first-order chi connectivity index (χ1) is 8.70. The minimum atomic E-state index is -0.0894. The summed E-state index contributed by atoms with van der Waals surface area (Å²) in [6, 6.07) is 9.09. The molecule has 2 aromatic heterocycles. The second kappa shape index (κ2) is 5.98. The summed E-state index contributed by atoms with van der Waals surface area (Å²) in [6.45, 7) is 3.21. The number of hydrogen-bond donors (Lipinski definition) is 0. The van der Waals surface area contributed by atoms with Crippen LogP contribution in [0.1, 0.15) is 22.3 Å². The zero-order chi connectivity index (χ0) is 13.0. The third-order valence-corrected chi connectivity index (χ3v) is 3.60. The van der Waals surface area contributed by atoms with E-state index in [1.54, 1.807) is 34.4 Å². The normalized spacial score (nSPS) is 10.3. The predicted molar refractivity (Wildman–Crippen MR) is 74.0 cm³/mol. The van der Waals surface area contributed by atoms with Crippen molar-refractivity contribution in [2.24, 2.45) is 0 Å². The van der Waals surface area contributed by atoms with Gasteiger partial charge in [0.1, 0.15) is 10.8 Å². The molecule has 3 nitrogen and oxygen atoms in total. The average Bonchev–Trinajstić information content (AvgIpc) is 2.88. The van der Waals surface area contributed by atoms with Crippen molar-refractivity contribution >= 4 is 28.8 Å². The molecule has 0 aliphatic rings. The maximum absolute atomic E-state index is 12.3. The van der Waals surface area contributed by atoms with Crippen molar-refractivity contribution < 1.29 is 4.79 Å². The highest BCUT2D eigenvalue weighted by molar-refractivity contribution is 7.09. The van der Waals surface area contributed by atoms with E-state index < -0.39 is 0 Å². The molecule has 0 unspecified atom stereocenters. The number of pyridine rings is 1. The second-order valence-electron chi connectivity index (χ2n) is 3.74. The van der Waals surface area contributed by atoms with Crippen LogP contribution >= 0.6 is 22.9 Å². The smallest absolute Gasteiger partial charge is 0.272 e. The van der Waals surface area contributed by atoms with Crippen LogP contribution in [0.2, 0.25) is 5.15 Å². The van der Waals surface area contributed by atoms with Crippen molar-refractivity contribution in [2.75, 3.05) is 6.54 Å². The van der Waals surface area contributed by atoms with Gasteiger partial charge in [-0.25, -0.2) is 4.98 Å². The number of halogens is 1. The Bertz CT molecular complexity index is 528. The van der Waals surface area contributed by atoms with Crippen molar-refractivity contribution in [2.45, 2.75) is 13.5 Å². The molecular weight excluding hydrogens is 268 g/mol. The van der Waals surface area contributed by atoms with Gasteiger partial charge in [0.25, 0.3) is 5.91 Å². The van der Waals surface area contributed by atoms with Crippen LogP contribution < -0.4 is 0 Å². The minimum Gasteiger partial charge on any atom is -0.332 e. The Labute approximate surface area is 115 Å². The van der Waals surface area contributed by atoms with Gasteiger partial charge in [0.2, 0.25) is 0 Å². The van der Waals surface area contributed by atoms with Crippen LogP contribution in [0.4, 0.5) is 0 Å². The standard InChI is InChI=1S/C13H13ClN2OS/c1-2-16(9-10-5-4-8-18-10)13(17)11-6-3-7-12(14)15-11/h3-8H,2,9H2,1H3. The molecule has 0 fully saturated rings. The molecule has 0 aliphatic carbocycles. The molecule has 2 rings (SSSR count). The Kier molecular flexibility index (Phi) is 4.33. The van der Waals surface area contributed by atoms with Crippen LogP contribution in [0.5, 0.6) is 0 Å². The summed E-state index contributed by atoms with van der Waals surface area (Å²) in [5, 5.41) is 2.35. The number of carbonyl (C=O) groups excluding carboxylic acids is 1. The van der Waals surface area contributed by atoms with Gasteiger partial charge < -0.3 is 4.90 Å². The Balaban J connectivity index is 2.15. The number of nitrogens with zero attached hydrogens (tertiary/aromatic N) is 2. The Hall–Kier alpha value is -1.39. The fourth-order valence-corrected chi connectivity index (χ4v) is 2.49. The third kappa shape index (κ3) is 3.09. The van der Waals surface area contributed by atoms with Gasteiger partial charge in [-0.05, 0) is 30.5 Å². The topological polar surface area (TPSA) is 33.2 Å². The highest BCUT2D eigenvalue weighted by Crippen LogP contribution is 2.14. The molecule has 2 aromatic rings. The van der Waals surface area contributed by atoms with Crippen LogP contribution in [0.3, 0.4) is 0 Å². The summed E-state index contributed by atoms with van der Waals surface area (Å²) in [5.41, 5.74) is 0.390. The lowest BCUT2D eigenvalue weighted by molar-refractivity contribution is 0.0748. The summed E-state index contributed by atoms with van der Waals surface area (Å²) in [7, 11) is 0. The molecule has 18 heavy (non-hydrogen) atoms. The molecule has 0 saturated carbocycles. The summed E-state index contributed by atoms with van der Waals surface area (Å²) in [6.07, 6.45) is 0. The van der Waals surface area contributed by atoms with Crippen molar-refractivity contribution in [3.8, 4) is 0 Å². The molecule has 2 heterocycles. The first kappa shape index (κ1) is 13.1. The van der Waals surface area contributed by atoms with Crippen molar-refractivity contribution in [1.29, 1.82) is 0 Å². The lowest BCUT2D eigenvalue weighted by atomic mass is 10.3. The molecule has 0 N–H and O–H groups in total. The van der Waals surface area contributed by atoms with E-state index in [1.165, 1.54) is 0 Å². The molecule has 0 aromatic carbocycles. The van der Waals surface area contributed by atoms with Crippen LogP contribution in [0, 0.1) is 0 Å². The van der Waals surface area contributed by atoms with Crippen LogP contribution in [0.25, 0.3) is 0 Å². The highest BCUT2D eigenvalue weighted by atomic mass is 35.5. The van der Waals surface area contributed by atoms with Crippen molar-refractivity contribution in [1.82, 2.24) is 9.88 Å². The van der Waals surface area contributed by atoms with Gasteiger partial charge in [-0.3, -0.25) is 4.79 Å². The SMILES string of the molecule is CCN(Cc1cccs1)C(=O)c1cccc(Cl)n1. The molecule has 0 radical (unpaired) electrons. The molecule has 5 heteroatoms. The van der Waals surface area contributed by atoms with E-state index in [1.807, 2.05) is 24.4 Å². The van der Waals surface area contributed by atoms with Crippen LogP contribution in [-0.4, -0.2) is 22.3 Å².